The molecule has 4 nitrogen and oxygen atoms in total. The molecule has 0 aromatic rings. The molecule has 2 heterocycles. The highest BCUT2D eigenvalue weighted by molar-refractivity contribution is 8.03. The van der Waals surface area contributed by atoms with E-state index in [4.69, 9.17) is 9.47 Å². The molecule has 4 atom stereocenters. The van der Waals surface area contributed by atoms with Gasteiger partial charge in [0.15, 0.2) is 0 Å². The van der Waals surface area contributed by atoms with Crippen LogP contribution in [0.3, 0.4) is 0 Å². The molecule has 0 bridgehead atoms. The number of esters is 1. The largest absolute Gasteiger partial charge is 0.459 e. The number of carbonyl (C=O) groups is 1. The van der Waals surface area contributed by atoms with E-state index in [1.165, 1.54) is 6.42 Å². The van der Waals surface area contributed by atoms with Crippen LogP contribution in [-0.2, 0) is 14.3 Å². The first-order chi connectivity index (χ1) is 14.2. The molecule has 0 saturated carbocycles. The molecule has 5 heteroatoms. The lowest BCUT2D eigenvalue weighted by molar-refractivity contribution is -0.169. The van der Waals surface area contributed by atoms with E-state index >= 15 is 0 Å². The van der Waals surface area contributed by atoms with Crippen molar-refractivity contribution >= 4 is 17.7 Å². The van der Waals surface area contributed by atoms with Crippen LogP contribution in [0.15, 0.2) is 35.4 Å². The average Bonchev–Trinajstić information content (AvgIpc) is 3.02. The van der Waals surface area contributed by atoms with Gasteiger partial charge in [0.1, 0.15) is 6.10 Å². The number of ether oxygens (including phenoxy) is 2. The van der Waals surface area contributed by atoms with Gasteiger partial charge in [-0.05, 0) is 52.4 Å². The minimum Gasteiger partial charge on any atom is -0.459 e. The van der Waals surface area contributed by atoms with E-state index in [1.807, 2.05) is 6.92 Å². The molecule has 0 amide bonds. The first-order valence-corrected chi connectivity index (χ1v) is 12.4. The summed E-state index contributed by atoms with van der Waals surface area (Å²) >= 11 is 1.73. The zero-order valence-corrected chi connectivity index (χ0v) is 20.4. The van der Waals surface area contributed by atoms with Crippen LogP contribution in [0.4, 0.5) is 0 Å². The van der Waals surface area contributed by atoms with E-state index in [0.717, 1.165) is 48.5 Å². The number of allylic oxidation sites excluding steroid dienone is 3. The summed E-state index contributed by atoms with van der Waals surface area (Å²) in [5.41, 5.74) is 0.508. The lowest BCUT2D eigenvalue weighted by Crippen LogP contribution is -2.62. The minimum atomic E-state index is -0.386. The number of rotatable bonds is 10. The van der Waals surface area contributed by atoms with Crippen LogP contribution in [0.1, 0.15) is 79.6 Å². The van der Waals surface area contributed by atoms with Crippen LogP contribution in [-0.4, -0.2) is 35.6 Å². The summed E-state index contributed by atoms with van der Waals surface area (Å²) in [6, 6.07) is 0. The molecule has 0 spiro atoms. The predicted molar refractivity (Wildman–Crippen MR) is 127 cm³/mol. The highest BCUT2D eigenvalue weighted by atomic mass is 32.2. The Morgan fingerprint density at radius 2 is 2.23 bits per heavy atom. The molecule has 170 valence electrons. The molecule has 30 heavy (non-hydrogen) atoms. The molecule has 1 N–H and O–H groups in total. The Morgan fingerprint density at radius 3 is 2.90 bits per heavy atom. The fourth-order valence-corrected chi connectivity index (χ4v) is 5.30. The van der Waals surface area contributed by atoms with Crippen LogP contribution in [0.2, 0.25) is 0 Å². The van der Waals surface area contributed by atoms with Crippen molar-refractivity contribution in [1.82, 2.24) is 5.32 Å². The van der Waals surface area contributed by atoms with E-state index in [1.54, 1.807) is 17.8 Å². The van der Waals surface area contributed by atoms with Gasteiger partial charge in [-0.25, -0.2) is 4.79 Å². The lowest BCUT2D eigenvalue weighted by atomic mass is 9.78. The predicted octanol–water partition coefficient (Wildman–Crippen LogP) is 6.14. The van der Waals surface area contributed by atoms with Crippen LogP contribution in [0, 0.1) is 5.92 Å². The first-order valence-electron chi connectivity index (χ1n) is 11.5. The molecule has 2 aliphatic heterocycles. The lowest BCUT2D eigenvalue weighted by Gasteiger charge is -2.47. The molecule has 2 rings (SSSR count). The Balaban J connectivity index is 1.80. The number of hydrogen-bond donors (Lipinski definition) is 1. The van der Waals surface area contributed by atoms with Crippen molar-refractivity contribution in [2.24, 2.45) is 5.92 Å². The van der Waals surface area contributed by atoms with Crippen molar-refractivity contribution in [2.75, 3.05) is 12.4 Å². The quantitative estimate of drug-likeness (QED) is 0.254. The van der Waals surface area contributed by atoms with E-state index in [9.17, 15) is 4.79 Å². The SMILES string of the molecule is C=C1NC(C)(C2(C)CC(OC(=O)/C=C(/C)CCCC(C)/C=C\CCC)CCO2)CS1. The number of hydrogen-bond acceptors (Lipinski definition) is 5. The van der Waals surface area contributed by atoms with Gasteiger partial charge in [0.25, 0.3) is 0 Å². The summed E-state index contributed by atoms with van der Waals surface area (Å²) in [6.07, 6.45) is 13.1. The van der Waals surface area contributed by atoms with E-state index in [-0.39, 0.29) is 23.2 Å². The van der Waals surface area contributed by atoms with E-state index in [2.05, 4.69) is 51.7 Å². The molecular weight excluding hydrogens is 394 g/mol. The van der Waals surface area contributed by atoms with Crippen molar-refractivity contribution in [3.63, 3.8) is 0 Å². The van der Waals surface area contributed by atoms with Gasteiger partial charge in [-0.1, -0.05) is 44.6 Å². The van der Waals surface area contributed by atoms with Crippen molar-refractivity contribution in [2.45, 2.75) is 96.8 Å². The Labute approximate surface area is 187 Å². The number of nitrogens with one attached hydrogen (secondary N) is 1. The third-order valence-electron chi connectivity index (χ3n) is 6.39. The maximum atomic E-state index is 12.5. The van der Waals surface area contributed by atoms with Crippen LogP contribution in [0.25, 0.3) is 0 Å². The standard InChI is InChI=1S/C25H41NO3S/c1-7-8-9-11-19(2)12-10-13-20(3)16-23(27)29-22-14-15-28-25(6,17-22)24(5)18-30-21(4)26-24/h9,11,16,19,22,26H,4,7-8,10,12-15,17-18H2,1-3,5-6H3/b11-9-,20-16-. The van der Waals surface area contributed by atoms with Gasteiger partial charge in [0.2, 0.25) is 0 Å². The Morgan fingerprint density at radius 1 is 1.47 bits per heavy atom. The van der Waals surface area contributed by atoms with Crippen LogP contribution < -0.4 is 5.32 Å². The number of unbranched alkanes of at least 4 members (excludes halogenated alkanes) is 1. The Hall–Kier alpha value is -1.20. The second kappa shape index (κ2) is 11.4. The molecule has 2 aliphatic rings. The molecule has 0 aliphatic carbocycles. The molecule has 0 aromatic heterocycles. The van der Waals surface area contributed by atoms with Gasteiger partial charge in [-0.15, -0.1) is 11.8 Å². The second-order valence-corrected chi connectivity index (χ2v) is 10.4. The fraction of sp³-hybridized carbons (Fsp3) is 0.720. The number of carbonyl (C=O) groups excluding carboxylic acids is 1. The number of thioether (sulfide) groups is 1. The van der Waals surface area contributed by atoms with Crippen LogP contribution >= 0.6 is 11.8 Å². The fourth-order valence-electron chi connectivity index (χ4n) is 4.16. The summed E-state index contributed by atoms with van der Waals surface area (Å²) in [5.74, 6) is 1.28. The van der Waals surface area contributed by atoms with Crippen molar-refractivity contribution in [3.05, 3.63) is 35.4 Å². The zero-order chi connectivity index (χ0) is 22.2. The molecule has 4 unspecified atom stereocenters. The zero-order valence-electron chi connectivity index (χ0n) is 19.6. The van der Waals surface area contributed by atoms with Crippen molar-refractivity contribution in [3.8, 4) is 0 Å². The third kappa shape index (κ3) is 7.19. The highest BCUT2D eigenvalue weighted by Crippen LogP contribution is 2.43. The molecular formula is C25H41NO3S. The third-order valence-corrected chi connectivity index (χ3v) is 7.57. The van der Waals surface area contributed by atoms with E-state index < -0.39 is 0 Å². The first kappa shape index (κ1) is 25.1. The highest BCUT2D eigenvalue weighted by Gasteiger charge is 2.51. The smallest absolute Gasteiger partial charge is 0.330 e. The van der Waals surface area contributed by atoms with Gasteiger partial charge in [-0.2, -0.15) is 0 Å². The van der Waals surface area contributed by atoms with Crippen LogP contribution in [0.5, 0.6) is 0 Å². The average molecular weight is 436 g/mol. The molecule has 0 aromatic carbocycles. The van der Waals surface area contributed by atoms with Gasteiger partial charge in [-0.3, -0.25) is 0 Å². The maximum absolute atomic E-state index is 12.5. The molecule has 2 fully saturated rings. The van der Waals surface area contributed by atoms with E-state index in [0.29, 0.717) is 18.9 Å². The van der Waals surface area contributed by atoms with Gasteiger partial charge in [0, 0.05) is 24.7 Å². The molecule has 0 radical (unpaired) electrons. The summed E-state index contributed by atoms with van der Waals surface area (Å²) in [7, 11) is 0. The minimum absolute atomic E-state index is 0.110. The summed E-state index contributed by atoms with van der Waals surface area (Å²) in [4.78, 5) is 12.5. The summed E-state index contributed by atoms with van der Waals surface area (Å²) in [5, 5.41) is 4.46. The van der Waals surface area contributed by atoms with Crippen molar-refractivity contribution < 1.29 is 14.3 Å². The molecule has 2 saturated heterocycles. The second-order valence-electron chi connectivity index (χ2n) is 9.38. The van der Waals surface area contributed by atoms with Gasteiger partial charge in [0.05, 0.1) is 22.8 Å². The Kier molecular flexibility index (Phi) is 9.55. The summed E-state index contributed by atoms with van der Waals surface area (Å²) < 4.78 is 12.0. The Bertz CT molecular complexity index is 659. The van der Waals surface area contributed by atoms with Gasteiger partial charge >= 0.3 is 5.97 Å². The monoisotopic (exact) mass is 435 g/mol. The maximum Gasteiger partial charge on any atom is 0.330 e. The summed E-state index contributed by atoms with van der Waals surface area (Å²) in [6.45, 7) is 15.4. The van der Waals surface area contributed by atoms with Crippen molar-refractivity contribution in [1.29, 1.82) is 0 Å². The van der Waals surface area contributed by atoms with Gasteiger partial charge < -0.3 is 14.8 Å². The topological polar surface area (TPSA) is 47.6 Å². The normalized spacial score (nSPS) is 31.0.